The van der Waals surface area contributed by atoms with Gasteiger partial charge in [0.25, 0.3) is 11.8 Å². The van der Waals surface area contributed by atoms with E-state index in [2.05, 4.69) is 46.7 Å². The maximum atomic E-state index is 12.8. The predicted octanol–water partition coefficient (Wildman–Crippen LogP) is 4.70. The lowest BCUT2D eigenvalue weighted by Gasteiger charge is -2.32. The lowest BCUT2D eigenvalue weighted by Crippen LogP contribution is -2.44. The highest BCUT2D eigenvalue weighted by Gasteiger charge is 2.21. The molecule has 0 atom stereocenters. The fourth-order valence-electron chi connectivity index (χ4n) is 3.91. The molecule has 5 nitrogen and oxygen atoms in total. The lowest BCUT2D eigenvalue weighted by molar-refractivity contribution is 0.0908. The Morgan fingerprint density at radius 2 is 1.81 bits per heavy atom. The molecular formula is C25H27N3O2S. The van der Waals surface area contributed by atoms with Crippen LogP contribution in [0.5, 0.6) is 0 Å². The van der Waals surface area contributed by atoms with Crippen molar-refractivity contribution in [2.24, 2.45) is 0 Å². The Morgan fingerprint density at radius 3 is 2.55 bits per heavy atom. The molecule has 1 fully saturated rings. The van der Waals surface area contributed by atoms with Crippen molar-refractivity contribution >= 4 is 28.8 Å². The van der Waals surface area contributed by atoms with Gasteiger partial charge >= 0.3 is 0 Å². The zero-order valence-corrected chi connectivity index (χ0v) is 18.5. The standard InChI is InChI=1S/C25H27N3O2S/c1-18-5-2-6-19(15-18)17-28-12-10-21(11-13-28)26-24(29)20-7-3-8-22(16-20)27-25(30)23-9-4-14-31-23/h2-9,14-16,21H,10-13,17H2,1H3,(H,26,29)(H,27,30). The number of nitrogens with one attached hydrogen (secondary N) is 2. The number of hydrogen-bond acceptors (Lipinski definition) is 4. The lowest BCUT2D eigenvalue weighted by atomic mass is 10.0. The Balaban J connectivity index is 1.28. The first-order valence-corrected chi connectivity index (χ1v) is 11.5. The Labute approximate surface area is 187 Å². The Kier molecular flexibility index (Phi) is 6.79. The summed E-state index contributed by atoms with van der Waals surface area (Å²) >= 11 is 1.39. The number of benzene rings is 2. The zero-order valence-electron chi connectivity index (χ0n) is 17.6. The van der Waals surface area contributed by atoms with Crippen molar-refractivity contribution in [1.82, 2.24) is 10.2 Å². The van der Waals surface area contributed by atoms with Crippen LogP contribution in [0.25, 0.3) is 0 Å². The molecule has 0 bridgehead atoms. The van der Waals surface area contributed by atoms with Crippen molar-refractivity contribution < 1.29 is 9.59 Å². The summed E-state index contributed by atoms with van der Waals surface area (Å²) in [5.41, 5.74) is 3.81. The fourth-order valence-corrected chi connectivity index (χ4v) is 4.53. The summed E-state index contributed by atoms with van der Waals surface area (Å²) in [5.74, 6) is -0.252. The molecule has 2 aromatic carbocycles. The van der Waals surface area contributed by atoms with Gasteiger partial charge in [0.15, 0.2) is 0 Å². The third kappa shape index (κ3) is 5.81. The number of likely N-dealkylation sites (tertiary alicyclic amines) is 1. The number of aryl methyl sites for hydroxylation is 1. The Hall–Kier alpha value is -2.96. The normalized spacial score (nSPS) is 14.9. The quantitative estimate of drug-likeness (QED) is 0.592. The zero-order chi connectivity index (χ0) is 21.6. The molecule has 31 heavy (non-hydrogen) atoms. The molecule has 0 radical (unpaired) electrons. The summed E-state index contributed by atoms with van der Waals surface area (Å²) < 4.78 is 0. The molecule has 160 valence electrons. The van der Waals surface area contributed by atoms with Crippen molar-refractivity contribution in [1.29, 1.82) is 0 Å². The number of nitrogens with zero attached hydrogens (tertiary/aromatic N) is 1. The Morgan fingerprint density at radius 1 is 1.00 bits per heavy atom. The van der Waals surface area contributed by atoms with E-state index in [0.717, 1.165) is 32.5 Å². The average Bonchev–Trinajstić information content (AvgIpc) is 3.31. The molecule has 1 aliphatic rings. The van der Waals surface area contributed by atoms with Crippen molar-refractivity contribution in [3.63, 3.8) is 0 Å². The molecule has 0 unspecified atom stereocenters. The van der Waals surface area contributed by atoms with Crippen LogP contribution < -0.4 is 10.6 Å². The van der Waals surface area contributed by atoms with Crippen LogP contribution in [0.3, 0.4) is 0 Å². The van der Waals surface area contributed by atoms with Gasteiger partial charge in [-0.1, -0.05) is 42.0 Å². The maximum absolute atomic E-state index is 12.8. The van der Waals surface area contributed by atoms with Crippen LogP contribution in [-0.4, -0.2) is 35.8 Å². The van der Waals surface area contributed by atoms with Gasteiger partial charge in [0.2, 0.25) is 0 Å². The highest BCUT2D eigenvalue weighted by atomic mass is 32.1. The van der Waals surface area contributed by atoms with Crippen LogP contribution in [0.2, 0.25) is 0 Å². The topological polar surface area (TPSA) is 61.4 Å². The van der Waals surface area contributed by atoms with E-state index in [0.29, 0.717) is 16.1 Å². The van der Waals surface area contributed by atoms with E-state index in [1.165, 1.54) is 22.5 Å². The van der Waals surface area contributed by atoms with Gasteiger partial charge in [-0.3, -0.25) is 14.5 Å². The van der Waals surface area contributed by atoms with Crippen LogP contribution in [0.1, 0.15) is 44.0 Å². The monoisotopic (exact) mass is 433 g/mol. The molecular weight excluding hydrogens is 406 g/mol. The fraction of sp³-hybridized carbons (Fsp3) is 0.280. The van der Waals surface area contributed by atoms with Crippen LogP contribution in [-0.2, 0) is 6.54 Å². The summed E-state index contributed by atoms with van der Waals surface area (Å²) in [6.07, 6.45) is 1.87. The first kappa shape index (κ1) is 21.3. The van der Waals surface area contributed by atoms with E-state index < -0.39 is 0 Å². The van der Waals surface area contributed by atoms with Crippen molar-refractivity contribution in [2.75, 3.05) is 18.4 Å². The van der Waals surface area contributed by atoms with E-state index in [-0.39, 0.29) is 17.9 Å². The van der Waals surface area contributed by atoms with E-state index in [9.17, 15) is 9.59 Å². The first-order chi connectivity index (χ1) is 15.1. The minimum Gasteiger partial charge on any atom is -0.349 e. The summed E-state index contributed by atoms with van der Waals surface area (Å²) in [5, 5.41) is 7.89. The molecule has 0 saturated carbocycles. The second kappa shape index (κ2) is 9.90. The van der Waals surface area contributed by atoms with Gasteiger partial charge in [-0.15, -0.1) is 11.3 Å². The second-order valence-corrected chi connectivity index (χ2v) is 8.97. The summed E-state index contributed by atoms with van der Waals surface area (Å²) in [6, 6.07) is 19.5. The van der Waals surface area contributed by atoms with E-state index >= 15 is 0 Å². The molecule has 4 rings (SSSR count). The van der Waals surface area contributed by atoms with Gasteiger partial charge in [-0.25, -0.2) is 0 Å². The summed E-state index contributed by atoms with van der Waals surface area (Å²) in [4.78, 5) is 28.1. The van der Waals surface area contributed by atoms with Gasteiger partial charge in [0.05, 0.1) is 4.88 Å². The first-order valence-electron chi connectivity index (χ1n) is 10.6. The van der Waals surface area contributed by atoms with Crippen LogP contribution in [0.15, 0.2) is 66.0 Å². The van der Waals surface area contributed by atoms with E-state index in [1.807, 2.05) is 11.4 Å². The van der Waals surface area contributed by atoms with E-state index in [1.54, 1.807) is 30.3 Å². The number of amides is 2. The molecule has 2 heterocycles. The molecule has 1 aliphatic heterocycles. The van der Waals surface area contributed by atoms with Gasteiger partial charge in [0.1, 0.15) is 0 Å². The third-order valence-corrected chi connectivity index (χ3v) is 6.41. The predicted molar refractivity (Wildman–Crippen MR) is 126 cm³/mol. The minimum atomic E-state index is -0.159. The smallest absolute Gasteiger partial charge is 0.265 e. The van der Waals surface area contributed by atoms with Gasteiger partial charge in [-0.2, -0.15) is 0 Å². The number of thiophene rings is 1. The number of rotatable bonds is 6. The molecule has 0 aliphatic carbocycles. The highest BCUT2D eigenvalue weighted by molar-refractivity contribution is 7.12. The average molecular weight is 434 g/mol. The third-order valence-electron chi connectivity index (χ3n) is 5.54. The highest BCUT2D eigenvalue weighted by Crippen LogP contribution is 2.17. The van der Waals surface area contributed by atoms with Crippen molar-refractivity contribution in [2.45, 2.75) is 32.4 Å². The molecule has 0 spiro atoms. The van der Waals surface area contributed by atoms with Crippen molar-refractivity contribution in [3.8, 4) is 0 Å². The molecule has 1 saturated heterocycles. The summed E-state index contributed by atoms with van der Waals surface area (Å²) in [7, 11) is 0. The van der Waals surface area contributed by atoms with Crippen LogP contribution in [0, 0.1) is 6.92 Å². The second-order valence-electron chi connectivity index (χ2n) is 8.03. The largest absolute Gasteiger partial charge is 0.349 e. The number of hydrogen-bond donors (Lipinski definition) is 2. The van der Waals surface area contributed by atoms with Crippen LogP contribution in [0.4, 0.5) is 5.69 Å². The van der Waals surface area contributed by atoms with Gasteiger partial charge in [0, 0.05) is 36.9 Å². The number of carbonyl (C=O) groups excluding carboxylic acids is 2. The maximum Gasteiger partial charge on any atom is 0.265 e. The SMILES string of the molecule is Cc1cccc(CN2CCC(NC(=O)c3cccc(NC(=O)c4cccs4)c3)CC2)c1. The van der Waals surface area contributed by atoms with Crippen molar-refractivity contribution in [3.05, 3.63) is 87.6 Å². The molecule has 2 N–H and O–H groups in total. The number of anilines is 1. The summed E-state index contributed by atoms with van der Waals surface area (Å²) in [6.45, 7) is 5.01. The van der Waals surface area contributed by atoms with E-state index in [4.69, 9.17) is 0 Å². The van der Waals surface area contributed by atoms with Gasteiger partial charge < -0.3 is 10.6 Å². The minimum absolute atomic E-state index is 0.0932. The number of piperidine rings is 1. The molecule has 1 aromatic heterocycles. The molecule has 3 aromatic rings. The Bertz CT molecular complexity index is 1040. The number of carbonyl (C=O) groups is 2. The molecule has 6 heteroatoms. The molecule has 2 amide bonds. The van der Waals surface area contributed by atoms with Gasteiger partial charge in [-0.05, 0) is 55.0 Å². The van der Waals surface area contributed by atoms with Crippen LogP contribution >= 0.6 is 11.3 Å².